The molecule has 0 unspecified atom stereocenters. The van der Waals surface area contributed by atoms with Crippen LogP contribution in [-0.4, -0.2) is 13.4 Å². The van der Waals surface area contributed by atoms with E-state index in [0.717, 1.165) is 0 Å². The zero-order chi connectivity index (χ0) is 14.8. The highest BCUT2D eigenvalue weighted by Gasteiger charge is 2.18. The monoisotopic (exact) mass is 326 g/mol. The summed E-state index contributed by atoms with van der Waals surface area (Å²) in [6, 6.07) is 9.10. The Morgan fingerprint density at radius 2 is 1.95 bits per heavy atom. The van der Waals surface area contributed by atoms with Crippen molar-refractivity contribution in [2.75, 3.05) is 0 Å². The maximum Gasteiger partial charge on any atom is 0.182 e. The lowest BCUT2D eigenvalue weighted by Crippen LogP contribution is -2.07. The van der Waals surface area contributed by atoms with Crippen LogP contribution in [0.1, 0.15) is 11.3 Å². The number of rotatable bonds is 3. The fraction of sp³-hybridized carbons (Fsp3) is 0.0769. The second kappa shape index (κ2) is 5.80. The van der Waals surface area contributed by atoms with Gasteiger partial charge in [-0.15, -0.1) is 0 Å². The molecule has 0 aliphatic rings. The normalized spacial score (nSPS) is 11.1. The van der Waals surface area contributed by atoms with E-state index in [4.69, 9.17) is 28.5 Å². The fourth-order valence-electron chi connectivity index (χ4n) is 1.61. The van der Waals surface area contributed by atoms with Gasteiger partial charge in [0.2, 0.25) is 0 Å². The van der Waals surface area contributed by atoms with Gasteiger partial charge >= 0.3 is 0 Å². The van der Waals surface area contributed by atoms with Gasteiger partial charge in [-0.2, -0.15) is 5.26 Å². The minimum atomic E-state index is -3.62. The Labute approximate surface area is 126 Å². The van der Waals surface area contributed by atoms with Gasteiger partial charge in [-0.25, -0.2) is 13.4 Å². The molecule has 20 heavy (non-hydrogen) atoms. The average Bonchev–Trinajstić information content (AvgIpc) is 2.42. The number of nitriles is 1. The van der Waals surface area contributed by atoms with Crippen LogP contribution in [0.5, 0.6) is 0 Å². The summed E-state index contributed by atoms with van der Waals surface area (Å²) in [4.78, 5) is 3.89. The van der Waals surface area contributed by atoms with Crippen LogP contribution in [-0.2, 0) is 15.6 Å². The van der Waals surface area contributed by atoms with Crippen molar-refractivity contribution in [1.82, 2.24) is 4.98 Å². The number of halogens is 2. The second-order valence-electron chi connectivity index (χ2n) is 3.96. The van der Waals surface area contributed by atoms with E-state index in [1.807, 2.05) is 6.07 Å². The van der Waals surface area contributed by atoms with Crippen LogP contribution in [0.4, 0.5) is 0 Å². The van der Waals surface area contributed by atoms with E-state index in [1.54, 1.807) is 12.1 Å². The SMILES string of the molecule is N#Cc1ncccc1CS(=O)(=O)c1ccc(Cl)c(Cl)c1. The molecule has 4 nitrogen and oxygen atoms in total. The van der Waals surface area contributed by atoms with Crippen molar-refractivity contribution in [3.05, 3.63) is 57.8 Å². The summed E-state index contributed by atoms with van der Waals surface area (Å²) >= 11 is 11.6. The van der Waals surface area contributed by atoms with Crippen LogP contribution in [0.25, 0.3) is 0 Å². The van der Waals surface area contributed by atoms with Gasteiger partial charge < -0.3 is 0 Å². The van der Waals surface area contributed by atoms with E-state index in [2.05, 4.69) is 4.98 Å². The van der Waals surface area contributed by atoms with Crippen LogP contribution in [0.15, 0.2) is 41.4 Å². The van der Waals surface area contributed by atoms with Gasteiger partial charge in [0.25, 0.3) is 0 Å². The molecule has 0 atom stereocenters. The molecule has 0 saturated carbocycles. The predicted molar refractivity (Wildman–Crippen MR) is 76.3 cm³/mol. The number of sulfone groups is 1. The summed E-state index contributed by atoms with van der Waals surface area (Å²) in [5.74, 6) is -0.318. The van der Waals surface area contributed by atoms with Crippen LogP contribution >= 0.6 is 23.2 Å². The van der Waals surface area contributed by atoms with Crippen molar-refractivity contribution in [2.24, 2.45) is 0 Å². The van der Waals surface area contributed by atoms with Crippen LogP contribution in [0, 0.1) is 11.3 Å². The topological polar surface area (TPSA) is 70.8 Å². The highest BCUT2D eigenvalue weighted by atomic mass is 35.5. The molecular formula is C13H8Cl2N2O2S. The third kappa shape index (κ3) is 3.10. The second-order valence-corrected chi connectivity index (χ2v) is 6.76. The summed E-state index contributed by atoms with van der Waals surface area (Å²) in [6.07, 6.45) is 1.44. The van der Waals surface area contributed by atoms with Gasteiger partial charge in [0.1, 0.15) is 11.8 Å². The van der Waals surface area contributed by atoms with Crippen molar-refractivity contribution in [3.63, 3.8) is 0 Å². The molecule has 7 heteroatoms. The maximum atomic E-state index is 12.3. The molecular weight excluding hydrogens is 319 g/mol. The van der Waals surface area contributed by atoms with Crippen LogP contribution < -0.4 is 0 Å². The zero-order valence-electron chi connectivity index (χ0n) is 10.0. The Morgan fingerprint density at radius 3 is 2.60 bits per heavy atom. The Morgan fingerprint density at radius 1 is 1.20 bits per heavy atom. The molecule has 0 N–H and O–H groups in total. The molecule has 102 valence electrons. The zero-order valence-corrected chi connectivity index (χ0v) is 12.4. The van der Waals surface area contributed by atoms with Crippen molar-refractivity contribution >= 4 is 33.0 Å². The molecule has 0 saturated heterocycles. The quantitative estimate of drug-likeness (QED) is 0.868. The molecule has 2 rings (SSSR count). The highest BCUT2D eigenvalue weighted by molar-refractivity contribution is 7.90. The largest absolute Gasteiger partial charge is 0.245 e. The number of nitrogens with zero attached hydrogens (tertiary/aromatic N) is 2. The standard InChI is InChI=1S/C13H8Cl2N2O2S/c14-11-4-3-10(6-12(11)15)20(18,19)8-9-2-1-5-17-13(9)7-16/h1-6H,8H2. The smallest absolute Gasteiger partial charge is 0.182 e. The van der Waals surface area contributed by atoms with Crippen LogP contribution in [0.3, 0.4) is 0 Å². The lowest BCUT2D eigenvalue weighted by molar-refractivity contribution is 0.595. The summed E-state index contributed by atoms with van der Waals surface area (Å²) in [6.45, 7) is 0. The molecule has 1 aromatic heterocycles. The molecule has 0 radical (unpaired) electrons. The minimum Gasteiger partial charge on any atom is -0.245 e. The number of hydrogen-bond donors (Lipinski definition) is 0. The highest BCUT2D eigenvalue weighted by Crippen LogP contribution is 2.26. The summed E-state index contributed by atoms with van der Waals surface area (Å²) in [5.41, 5.74) is 0.442. The first-order valence-corrected chi connectivity index (χ1v) is 7.86. The lowest BCUT2D eigenvalue weighted by Gasteiger charge is -2.06. The van der Waals surface area contributed by atoms with E-state index >= 15 is 0 Å². The third-order valence-corrected chi connectivity index (χ3v) is 5.00. The van der Waals surface area contributed by atoms with Gasteiger partial charge in [-0.1, -0.05) is 29.3 Å². The van der Waals surface area contributed by atoms with E-state index < -0.39 is 9.84 Å². The van der Waals surface area contributed by atoms with Gasteiger partial charge in [0.15, 0.2) is 9.84 Å². The first-order valence-electron chi connectivity index (χ1n) is 5.46. The van der Waals surface area contributed by atoms with Crippen molar-refractivity contribution in [2.45, 2.75) is 10.6 Å². The maximum absolute atomic E-state index is 12.3. The molecule has 0 bridgehead atoms. The Hall–Kier alpha value is -1.61. The number of benzene rings is 1. The summed E-state index contributed by atoms with van der Waals surface area (Å²) < 4.78 is 24.6. The lowest BCUT2D eigenvalue weighted by atomic mass is 10.2. The molecule has 0 aliphatic heterocycles. The molecule has 0 fully saturated rings. The summed E-state index contributed by atoms with van der Waals surface area (Å²) in [5, 5.41) is 9.37. The molecule has 0 amide bonds. The van der Waals surface area contributed by atoms with Gasteiger partial charge in [0.05, 0.1) is 20.7 Å². The first kappa shape index (κ1) is 14.8. The van der Waals surface area contributed by atoms with E-state index in [1.165, 1.54) is 24.4 Å². The molecule has 2 aromatic rings. The van der Waals surface area contributed by atoms with E-state index in [9.17, 15) is 8.42 Å². The number of aromatic nitrogens is 1. The van der Waals surface area contributed by atoms with Gasteiger partial charge in [-0.3, -0.25) is 0 Å². The minimum absolute atomic E-state index is 0.0552. The van der Waals surface area contributed by atoms with Crippen LogP contribution in [0.2, 0.25) is 10.0 Å². The molecule has 1 aromatic carbocycles. The summed E-state index contributed by atoms with van der Waals surface area (Å²) in [7, 11) is -3.62. The van der Waals surface area contributed by atoms with Crippen molar-refractivity contribution in [3.8, 4) is 6.07 Å². The average molecular weight is 327 g/mol. The Bertz CT molecular complexity index is 798. The van der Waals surface area contributed by atoms with Gasteiger partial charge in [0, 0.05) is 11.8 Å². The van der Waals surface area contributed by atoms with E-state index in [-0.39, 0.29) is 26.4 Å². The predicted octanol–water partition coefficient (Wildman–Crippen LogP) is 3.23. The molecule has 1 heterocycles. The first-order chi connectivity index (χ1) is 9.44. The number of pyridine rings is 1. The number of hydrogen-bond acceptors (Lipinski definition) is 4. The fourth-order valence-corrected chi connectivity index (χ4v) is 3.36. The molecule has 0 aliphatic carbocycles. The van der Waals surface area contributed by atoms with E-state index in [0.29, 0.717) is 5.56 Å². The van der Waals surface area contributed by atoms with Gasteiger partial charge in [-0.05, 0) is 24.3 Å². The molecule has 0 spiro atoms. The van der Waals surface area contributed by atoms with Crippen molar-refractivity contribution in [1.29, 1.82) is 5.26 Å². The Kier molecular flexibility index (Phi) is 4.29. The Balaban J connectivity index is 2.41. The van der Waals surface area contributed by atoms with Crippen molar-refractivity contribution < 1.29 is 8.42 Å². The third-order valence-electron chi connectivity index (χ3n) is 2.59.